The average Bonchev–Trinajstić information content (AvgIpc) is 2.18. The van der Waals surface area contributed by atoms with E-state index >= 15 is 0 Å². The van der Waals surface area contributed by atoms with Crippen LogP contribution < -0.4 is 10.6 Å². The van der Waals surface area contributed by atoms with Crippen LogP contribution in [0.3, 0.4) is 0 Å². The smallest absolute Gasteiger partial charge is 0.239 e. The third kappa shape index (κ3) is 3.84. The van der Waals surface area contributed by atoms with Crippen molar-refractivity contribution in [3.05, 3.63) is 17.6 Å². The van der Waals surface area contributed by atoms with Crippen LogP contribution in [0.5, 0.6) is 0 Å². The lowest BCUT2D eigenvalue weighted by Crippen LogP contribution is -2.35. The summed E-state index contributed by atoms with van der Waals surface area (Å²) in [5, 5.41) is 5.77. The summed E-state index contributed by atoms with van der Waals surface area (Å²) < 4.78 is 0. The van der Waals surface area contributed by atoms with Crippen molar-refractivity contribution in [3.63, 3.8) is 0 Å². The van der Waals surface area contributed by atoms with Crippen molar-refractivity contribution in [1.82, 2.24) is 15.3 Å². The molecule has 5 heteroatoms. The first-order valence-corrected chi connectivity index (χ1v) is 5.32. The van der Waals surface area contributed by atoms with Crippen LogP contribution in [0.4, 0.5) is 5.82 Å². The second-order valence-corrected chi connectivity index (χ2v) is 4.02. The van der Waals surface area contributed by atoms with Gasteiger partial charge in [-0.2, -0.15) is 0 Å². The zero-order chi connectivity index (χ0) is 12.1. The molecule has 0 aliphatic heterocycles. The van der Waals surface area contributed by atoms with Gasteiger partial charge in [-0.25, -0.2) is 4.98 Å². The number of aryl methyl sites for hydroxylation is 2. The van der Waals surface area contributed by atoms with E-state index in [-0.39, 0.29) is 18.5 Å². The summed E-state index contributed by atoms with van der Waals surface area (Å²) in [4.78, 5) is 19.8. The van der Waals surface area contributed by atoms with Crippen molar-refractivity contribution in [2.24, 2.45) is 0 Å². The Morgan fingerprint density at radius 2 is 2.12 bits per heavy atom. The van der Waals surface area contributed by atoms with E-state index in [4.69, 9.17) is 0 Å². The van der Waals surface area contributed by atoms with Crippen LogP contribution >= 0.6 is 0 Å². The second kappa shape index (κ2) is 5.44. The van der Waals surface area contributed by atoms with Crippen LogP contribution in [0, 0.1) is 13.8 Å². The van der Waals surface area contributed by atoms with Gasteiger partial charge < -0.3 is 10.6 Å². The maximum Gasteiger partial charge on any atom is 0.239 e. The minimum absolute atomic E-state index is 0.0438. The number of nitrogens with one attached hydrogen (secondary N) is 2. The average molecular weight is 222 g/mol. The van der Waals surface area contributed by atoms with Crippen LogP contribution in [0.1, 0.15) is 25.2 Å². The van der Waals surface area contributed by atoms with E-state index in [0.717, 1.165) is 11.4 Å². The molecule has 0 atom stereocenters. The van der Waals surface area contributed by atoms with Gasteiger partial charge in [0.15, 0.2) is 0 Å². The number of rotatable bonds is 4. The lowest BCUT2D eigenvalue weighted by molar-refractivity contribution is -0.119. The van der Waals surface area contributed by atoms with E-state index in [1.54, 1.807) is 6.20 Å². The molecule has 0 saturated heterocycles. The Bertz CT molecular complexity index is 376. The molecule has 0 aliphatic carbocycles. The third-order valence-electron chi connectivity index (χ3n) is 1.94. The van der Waals surface area contributed by atoms with Crippen molar-refractivity contribution in [1.29, 1.82) is 0 Å². The number of nitrogens with zero attached hydrogens (tertiary/aromatic N) is 2. The molecule has 0 unspecified atom stereocenters. The summed E-state index contributed by atoms with van der Waals surface area (Å²) in [7, 11) is 0. The molecular weight excluding hydrogens is 204 g/mol. The van der Waals surface area contributed by atoms with E-state index in [1.165, 1.54) is 0 Å². The summed E-state index contributed by atoms with van der Waals surface area (Å²) in [6, 6.07) is 0.152. The fraction of sp³-hybridized carbons (Fsp3) is 0.545. The van der Waals surface area contributed by atoms with Crippen LogP contribution in [-0.4, -0.2) is 28.5 Å². The normalized spacial score (nSPS) is 10.3. The Morgan fingerprint density at radius 1 is 1.44 bits per heavy atom. The largest absolute Gasteiger partial charge is 0.359 e. The molecule has 16 heavy (non-hydrogen) atoms. The molecule has 1 heterocycles. The first-order valence-electron chi connectivity index (χ1n) is 5.32. The predicted molar refractivity (Wildman–Crippen MR) is 63.3 cm³/mol. The highest BCUT2D eigenvalue weighted by Crippen LogP contribution is 2.07. The Labute approximate surface area is 95.7 Å². The van der Waals surface area contributed by atoms with Gasteiger partial charge in [-0.05, 0) is 27.7 Å². The molecule has 1 amide bonds. The van der Waals surface area contributed by atoms with Crippen LogP contribution in [0.15, 0.2) is 6.20 Å². The molecule has 0 saturated carbocycles. The molecule has 0 radical (unpaired) electrons. The van der Waals surface area contributed by atoms with Gasteiger partial charge in [0, 0.05) is 12.2 Å². The second-order valence-electron chi connectivity index (χ2n) is 4.02. The highest BCUT2D eigenvalue weighted by Gasteiger charge is 2.05. The van der Waals surface area contributed by atoms with Gasteiger partial charge in [-0.3, -0.25) is 9.78 Å². The minimum atomic E-state index is -0.0438. The molecule has 1 rings (SSSR count). The molecule has 0 aromatic carbocycles. The topological polar surface area (TPSA) is 66.9 Å². The highest BCUT2D eigenvalue weighted by molar-refractivity contribution is 5.80. The van der Waals surface area contributed by atoms with Crippen molar-refractivity contribution < 1.29 is 4.79 Å². The van der Waals surface area contributed by atoms with E-state index < -0.39 is 0 Å². The van der Waals surface area contributed by atoms with Crippen LogP contribution in [0.2, 0.25) is 0 Å². The molecule has 0 bridgehead atoms. The first-order chi connectivity index (χ1) is 7.49. The number of aromatic nitrogens is 2. The number of carbonyl (C=O) groups excluding carboxylic acids is 1. The quantitative estimate of drug-likeness (QED) is 0.798. The molecule has 0 spiro atoms. The van der Waals surface area contributed by atoms with Gasteiger partial charge in [0.1, 0.15) is 5.82 Å². The Kier molecular flexibility index (Phi) is 4.22. The number of hydrogen-bond donors (Lipinski definition) is 2. The summed E-state index contributed by atoms with van der Waals surface area (Å²) in [5.41, 5.74) is 1.63. The van der Waals surface area contributed by atoms with Crippen molar-refractivity contribution >= 4 is 11.7 Å². The van der Waals surface area contributed by atoms with E-state index in [9.17, 15) is 4.79 Å². The molecule has 0 fully saturated rings. The molecule has 2 N–H and O–H groups in total. The van der Waals surface area contributed by atoms with Crippen molar-refractivity contribution in [2.75, 3.05) is 11.9 Å². The van der Waals surface area contributed by atoms with Crippen LogP contribution in [0.25, 0.3) is 0 Å². The summed E-state index contributed by atoms with van der Waals surface area (Å²) >= 11 is 0. The Balaban J connectivity index is 2.54. The summed E-state index contributed by atoms with van der Waals surface area (Å²) in [6.45, 7) is 7.79. The first kappa shape index (κ1) is 12.4. The molecule has 1 aromatic rings. The third-order valence-corrected chi connectivity index (χ3v) is 1.94. The van der Waals surface area contributed by atoms with E-state index in [1.807, 2.05) is 27.7 Å². The van der Waals surface area contributed by atoms with Gasteiger partial charge in [-0.15, -0.1) is 0 Å². The molecule has 5 nitrogen and oxygen atoms in total. The van der Waals surface area contributed by atoms with E-state index in [2.05, 4.69) is 20.6 Å². The standard InChI is InChI=1S/C11H18N4O/c1-7(2)14-10(16)6-13-11-9(4)12-5-8(3)15-11/h5,7H,6H2,1-4H3,(H,13,15)(H,14,16). The lowest BCUT2D eigenvalue weighted by atomic mass is 10.3. The van der Waals surface area contributed by atoms with Crippen LogP contribution in [-0.2, 0) is 4.79 Å². The van der Waals surface area contributed by atoms with Gasteiger partial charge in [0.05, 0.1) is 17.9 Å². The molecule has 1 aromatic heterocycles. The fourth-order valence-corrected chi connectivity index (χ4v) is 1.24. The minimum Gasteiger partial charge on any atom is -0.359 e. The van der Waals surface area contributed by atoms with Gasteiger partial charge >= 0.3 is 0 Å². The van der Waals surface area contributed by atoms with Gasteiger partial charge in [-0.1, -0.05) is 0 Å². The maximum absolute atomic E-state index is 11.4. The number of amides is 1. The SMILES string of the molecule is Cc1cnc(C)c(NCC(=O)NC(C)C)n1. The monoisotopic (exact) mass is 222 g/mol. The highest BCUT2D eigenvalue weighted by atomic mass is 16.1. The van der Waals surface area contributed by atoms with Gasteiger partial charge in [0.25, 0.3) is 0 Å². The zero-order valence-corrected chi connectivity index (χ0v) is 10.2. The van der Waals surface area contributed by atoms with E-state index in [0.29, 0.717) is 5.82 Å². The fourth-order valence-electron chi connectivity index (χ4n) is 1.24. The Morgan fingerprint density at radius 3 is 2.75 bits per heavy atom. The number of anilines is 1. The van der Waals surface area contributed by atoms with Crippen molar-refractivity contribution in [3.8, 4) is 0 Å². The molecule has 88 valence electrons. The predicted octanol–water partition coefficient (Wildman–Crippen LogP) is 1.03. The number of hydrogen-bond acceptors (Lipinski definition) is 4. The summed E-state index contributed by atoms with van der Waals surface area (Å²) in [5.74, 6) is 0.622. The number of carbonyl (C=O) groups is 1. The van der Waals surface area contributed by atoms with Crippen molar-refractivity contribution in [2.45, 2.75) is 33.7 Å². The lowest BCUT2D eigenvalue weighted by Gasteiger charge is -2.10. The molecule has 0 aliphatic rings. The Hall–Kier alpha value is -1.65. The van der Waals surface area contributed by atoms with Gasteiger partial charge in [0.2, 0.25) is 5.91 Å². The zero-order valence-electron chi connectivity index (χ0n) is 10.2. The summed E-state index contributed by atoms with van der Waals surface area (Å²) in [6.07, 6.45) is 1.70. The molecular formula is C11H18N4O. The maximum atomic E-state index is 11.4.